The average Bonchev–Trinajstić information content (AvgIpc) is 2.59. The van der Waals surface area contributed by atoms with E-state index < -0.39 is 5.91 Å². The topological polar surface area (TPSA) is 90.7 Å². The number of benzene rings is 2. The average molecular weight is 363 g/mol. The molecule has 0 fully saturated rings. The van der Waals surface area contributed by atoms with Gasteiger partial charge in [-0.1, -0.05) is 23.7 Å². The van der Waals surface area contributed by atoms with Gasteiger partial charge in [0.15, 0.2) is 18.1 Å². The second-order valence-electron chi connectivity index (χ2n) is 5.37. The van der Waals surface area contributed by atoms with Crippen LogP contribution in [0, 0.1) is 0 Å². The van der Waals surface area contributed by atoms with E-state index in [1.165, 1.54) is 13.2 Å². The summed E-state index contributed by atoms with van der Waals surface area (Å²) < 4.78 is 10.4. The Balaban J connectivity index is 2.12. The van der Waals surface area contributed by atoms with Gasteiger partial charge in [0.2, 0.25) is 0 Å². The molecule has 2 amide bonds. The summed E-state index contributed by atoms with van der Waals surface area (Å²) in [7, 11) is 1.45. The summed E-state index contributed by atoms with van der Waals surface area (Å²) in [6.07, 6.45) is 0. The van der Waals surface area contributed by atoms with E-state index in [-0.39, 0.29) is 18.6 Å². The molecule has 3 N–H and O–H groups in total. The van der Waals surface area contributed by atoms with Gasteiger partial charge >= 0.3 is 0 Å². The number of primary amides is 1. The van der Waals surface area contributed by atoms with Crippen LogP contribution >= 0.6 is 11.6 Å². The second-order valence-corrected chi connectivity index (χ2v) is 5.81. The number of ether oxygens (including phenoxy) is 2. The largest absolute Gasteiger partial charge is 0.493 e. The molecule has 0 aliphatic rings. The monoisotopic (exact) mass is 362 g/mol. The fourth-order valence-corrected chi connectivity index (χ4v) is 2.41. The summed E-state index contributed by atoms with van der Waals surface area (Å²) in [5, 5.41) is 3.50. The van der Waals surface area contributed by atoms with Crippen LogP contribution in [0.25, 0.3) is 0 Å². The first-order valence-corrected chi connectivity index (χ1v) is 7.94. The van der Waals surface area contributed by atoms with Crippen LogP contribution in [-0.4, -0.2) is 25.5 Å². The van der Waals surface area contributed by atoms with Gasteiger partial charge in [-0.2, -0.15) is 0 Å². The lowest BCUT2D eigenvalue weighted by atomic mass is 10.1. The number of methoxy groups -OCH3 is 1. The minimum Gasteiger partial charge on any atom is -0.493 e. The molecule has 0 radical (unpaired) electrons. The zero-order valence-corrected chi connectivity index (χ0v) is 14.7. The minimum absolute atomic E-state index is 0.219. The highest BCUT2D eigenvalue weighted by molar-refractivity contribution is 6.30. The van der Waals surface area contributed by atoms with Gasteiger partial charge in [-0.05, 0) is 42.8 Å². The highest BCUT2D eigenvalue weighted by Crippen LogP contribution is 2.28. The molecule has 0 unspecified atom stereocenters. The molecule has 6 nitrogen and oxygen atoms in total. The van der Waals surface area contributed by atoms with Gasteiger partial charge in [-0.3, -0.25) is 9.59 Å². The van der Waals surface area contributed by atoms with Crippen LogP contribution in [0.2, 0.25) is 5.02 Å². The van der Waals surface area contributed by atoms with Crippen molar-refractivity contribution in [3.8, 4) is 11.5 Å². The summed E-state index contributed by atoms with van der Waals surface area (Å²) in [6.45, 7) is 1.60. The maximum absolute atomic E-state index is 12.4. The maximum atomic E-state index is 12.4. The highest BCUT2D eigenvalue weighted by Gasteiger charge is 2.15. The maximum Gasteiger partial charge on any atom is 0.255 e. The molecule has 2 aromatic carbocycles. The molecule has 0 aromatic heterocycles. The number of hydrogen-bond acceptors (Lipinski definition) is 4. The molecule has 0 saturated heterocycles. The molecule has 0 aliphatic carbocycles. The zero-order valence-electron chi connectivity index (χ0n) is 13.9. The number of carbonyl (C=O) groups excluding carboxylic acids is 2. The Morgan fingerprint density at radius 1 is 1.20 bits per heavy atom. The molecular formula is C18H19ClN2O4. The third-order valence-corrected chi connectivity index (χ3v) is 3.73. The van der Waals surface area contributed by atoms with E-state index in [2.05, 4.69) is 5.32 Å². The predicted molar refractivity (Wildman–Crippen MR) is 95.0 cm³/mol. The lowest BCUT2D eigenvalue weighted by Gasteiger charge is -2.16. The summed E-state index contributed by atoms with van der Waals surface area (Å²) in [6, 6.07) is 11.7. The van der Waals surface area contributed by atoms with Gasteiger partial charge in [-0.25, -0.2) is 0 Å². The predicted octanol–water partition coefficient (Wildman–Crippen LogP) is 2.70. The third-order valence-electron chi connectivity index (χ3n) is 3.49. The number of halogens is 1. The normalized spacial score (nSPS) is 11.5. The Labute approximate surface area is 150 Å². The van der Waals surface area contributed by atoms with Crippen molar-refractivity contribution in [2.24, 2.45) is 5.73 Å². The van der Waals surface area contributed by atoms with E-state index in [9.17, 15) is 9.59 Å². The van der Waals surface area contributed by atoms with E-state index >= 15 is 0 Å². The van der Waals surface area contributed by atoms with E-state index in [1.807, 2.05) is 19.1 Å². The lowest BCUT2D eigenvalue weighted by molar-refractivity contribution is -0.119. The van der Waals surface area contributed by atoms with Crippen molar-refractivity contribution in [3.63, 3.8) is 0 Å². The molecule has 1 atom stereocenters. The second kappa shape index (κ2) is 8.39. The van der Waals surface area contributed by atoms with E-state index in [0.29, 0.717) is 22.1 Å². The van der Waals surface area contributed by atoms with Crippen LogP contribution in [-0.2, 0) is 4.79 Å². The van der Waals surface area contributed by atoms with Gasteiger partial charge < -0.3 is 20.5 Å². The number of carbonyl (C=O) groups is 2. The quantitative estimate of drug-likeness (QED) is 0.792. The molecule has 2 aromatic rings. The highest BCUT2D eigenvalue weighted by atomic mass is 35.5. The SMILES string of the molecule is COc1cc(C(=O)N[C@H](C)c2cccc(Cl)c2)ccc1OCC(N)=O. The van der Waals surface area contributed by atoms with Crippen LogP contribution in [0.15, 0.2) is 42.5 Å². The Morgan fingerprint density at radius 2 is 1.96 bits per heavy atom. The number of nitrogens with one attached hydrogen (secondary N) is 1. The zero-order chi connectivity index (χ0) is 18.4. The van der Waals surface area contributed by atoms with E-state index in [4.69, 9.17) is 26.8 Å². The van der Waals surface area contributed by atoms with Crippen molar-refractivity contribution in [3.05, 3.63) is 58.6 Å². The Morgan fingerprint density at radius 3 is 2.60 bits per heavy atom. The van der Waals surface area contributed by atoms with Gasteiger partial charge in [0, 0.05) is 10.6 Å². The first-order chi connectivity index (χ1) is 11.9. The smallest absolute Gasteiger partial charge is 0.255 e. The first-order valence-electron chi connectivity index (χ1n) is 7.56. The van der Waals surface area contributed by atoms with E-state index in [0.717, 1.165) is 5.56 Å². The molecule has 132 valence electrons. The summed E-state index contributed by atoms with van der Waals surface area (Å²) in [5.74, 6) is -0.198. The Hall–Kier alpha value is -2.73. The molecule has 0 bridgehead atoms. The van der Waals surface area contributed by atoms with E-state index in [1.54, 1.807) is 24.3 Å². The molecule has 0 heterocycles. The molecular weight excluding hydrogens is 344 g/mol. The van der Waals surface area contributed by atoms with Crippen molar-refractivity contribution < 1.29 is 19.1 Å². The Kier molecular flexibility index (Phi) is 6.25. The number of nitrogens with two attached hydrogens (primary N) is 1. The van der Waals surface area contributed by atoms with Crippen molar-refractivity contribution in [2.75, 3.05) is 13.7 Å². The van der Waals surface area contributed by atoms with Gasteiger partial charge in [-0.15, -0.1) is 0 Å². The van der Waals surface area contributed by atoms with Crippen LogP contribution in [0.5, 0.6) is 11.5 Å². The van der Waals surface area contributed by atoms with Gasteiger partial charge in [0.25, 0.3) is 11.8 Å². The van der Waals surface area contributed by atoms with Gasteiger partial charge in [0.05, 0.1) is 13.2 Å². The fourth-order valence-electron chi connectivity index (χ4n) is 2.22. The minimum atomic E-state index is -0.598. The Bertz CT molecular complexity index is 779. The number of rotatable bonds is 7. The number of amides is 2. The molecule has 7 heteroatoms. The van der Waals surface area contributed by atoms with Crippen LogP contribution < -0.4 is 20.5 Å². The fraction of sp³-hybridized carbons (Fsp3) is 0.222. The van der Waals surface area contributed by atoms with Crippen molar-refractivity contribution in [1.29, 1.82) is 0 Å². The summed E-state index contributed by atoms with van der Waals surface area (Å²) in [5.41, 5.74) is 6.35. The van der Waals surface area contributed by atoms with Crippen molar-refractivity contribution in [2.45, 2.75) is 13.0 Å². The van der Waals surface area contributed by atoms with Crippen LogP contribution in [0.4, 0.5) is 0 Å². The first kappa shape index (κ1) is 18.6. The van der Waals surface area contributed by atoms with Crippen LogP contribution in [0.1, 0.15) is 28.9 Å². The molecule has 2 rings (SSSR count). The van der Waals surface area contributed by atoms with Crippen molar-refractivity contribution in [1.82, 2.24) is 5.32 Å². The molecule has 0 spiro atoms. The standard InChI is InChI=1S/C18H19ClN2O4/c1-11(12-4-3-5-14(19)8-12)21-18(23)13-6-7-15(16(9-13)24-2)25-10-17(20)22/h3-9,11H,10H2,1-2H3,(H2,20,22)(H,21,23)/t11-/m1/s1. The molecule has 0 aliphatic heterocycles. The number of hydrogen-bond donors (Lipinski definition) is 2. The third kappa shape index (κ3) is 5.12. The van der Waals surface area contributed by atoms with Crippen molar-refractivity contribution >= 4 is 23.4 Å². The lowest BCUT2D eigenvalue weighted by Crippen LogP contribution is -2.26. The van der Waals surface area contributed by atoms with Crippen LogP contribution in [0.3, 0.4) is 0 Å². The summed E-state index contributed by atoms with van der Waals surface area (Å²) >= 11 is 5.98. The van der Waals surface area contributed by atoms with Gasteiger partial charge in [0.1, 0.15) is 0 Å². The summed E-state index contributed by atoms with van der Waals surface area (Å²) in [4.78, 5) is 23.3. The molecule has 0 saturated carbocycles. The molecule has 25 heavy (non-hydrogen) atoms.